The van der Waals surface area contributed by atoms with Crippen molar-refractivity contribution >= 4 is 35.0 Å². The van der Waals surface area contributed by atoms with Gasteiger partial charge in [0.2, 0.25) is 0 Å². The number of anilines is 1. The number of halogens is 1. The minimum absolute atomic E-state index is 0.221. The van der Waals surface area contributed by atoms with Crippen molar-refractivity contribution in [3.63, 3.8) is 0 Å². The molecule has 16 heavy (non-hydrogen) atoms. The zero-order chi connectivity index (χ0) is 12.0. The Morgan fingerprint density at radius 3 is 2.81 bits per heavy atom. The van der Waals surface area contributed by atoms with E-state index in [1.54, 1.807) is 17.8 Å². The van der Waals surface area contributed by atoms with E-state index in [9.17, 15) is 4.79 Å². The lowest BCUT2D eigenvalue weighted by molar-refractivity contribution is -0.137. The van der Waals surface area contributed by atoms with Gasteiger partial charge in [-0.2, -0.15) is 0 Å². The summed E-state index contributed by atoms with van der Waals surface area (Å²) in [5.74, 6) is 0.0866. The van der Waals surface area contributed by atoms with E-state index in [-0.39, 0.29) is 6.42 Å². The van der Waals surface area contributed by atoms with Crippen molar-refractivity contribution in [2.75, 3.05) is 11.5 Å². The van der Waals surface area contributed by atoms with Crippen LogP contribution in [0.3, 0.4) is 0 Å². The summed E-state index contributed by atoms with van der Waals surface area (Å²) in [6.07, 6.45) is 1.76. The van der Waals surface area contributed by atoms with Crippen LogP contribution in [-0.4, -0.2) is 16.8 Å². The molecule has 1 aromatic rings. The summed E-state index contributed by atoms with van der Waals surface area (Å²) in [7, 11) is 0. The Balaban J connectivity index is 2.34. The number of benzene rings is 1. The smallest absolute Gasteiger partial charge is 0.303 e. The predicted molar refractivity (Wildman–Crippen MR) is 68.1 cm³/mol. The fourth-order valence-electron chi connectivity index (χ4n) is 1.23. The number of rotatable bonds is 6. The molecule has 0 aliphatic heterocycles. The second-order valence-electron chi connectivity index (χ2n) is 3.36. The van der Waals surface area contributed by atoms with Crippen LogP contribution in [0.4, 0.5) is 5.69 Å². The quantitative estimate of drug-likeness (QED) is 0.468. The normalized spacial score (nSPS) is 10.3. The molecule has 3 nitrogen and oxygen atoms in total. The number of hydrogen-bond acceptors (Lipinski definition) is 3. The summed E-state index contributed by atoms with van der Waals surface area (Å²) >= 11 is 7.57. The van der Waals surface area contributed by atoms with E-state index in [4.69, 9.17) is 22.4 Å². The van der Waals surface area contributed by atoms with Gasteiger partial charge in [0.1, 0.15) is 0 Å². The molecule has 0 aromatic heterocycles. The van der Waals surface area contributed by atoms with Crippen molar-refractivity contribution in [2.24, 2.45) is 0 Å². The number of aliphatic carboxylic acids is 1. The molecule has 3 N–H and O–H groups in total. The Morgan fingerprint density at radius 1 is 1.44 bits per heavy atom. The highest BCUT2D eigenvalue weighted by Crippen LogP contribution is 2.32. The van der Waals surface area contributed by atoms with Crippen molar-refractivity contribution in [3.05, 3.63) is 23.2 Å². The van der Waals surface area contributed by atoms with E-state index in [1.165, 1.54) is 0 Å². The van der Waals surface area contributed by atoms with E-state index in [1.807, 2.05) is 12.1 Å². The third-order valence-electron chi connectivity index (χ3n) is 2.03. The third-order valence-corrected chi connectivity index (χ3v) is 3.69. The molecule has 5 heteroatoms. The highest BCUT2D eigenvalue weighted by molar-refractivity contribution is 7.99. The SMILES string of the molecule is Nc1cccc(Cl)c1SCCCCC(=O)O. The predicted octanol–water partition coefficient (Wildman–Crippen LogP) is 3.27. The molecule has 0 unspecified atom stereocenters. The first-order chi connectivity index (χ1) is 7.61. The Hall–Kier alpha value is -0.870. The summed E-state index contributed by atoms with van der Waals surface area (Å²) in [4.78, 5) is 11.2. The molecular weight excluding hydrogens is 246 g/mol. The van der Waals surface area contributed by atoms with Crippen molar-refractivity contribution in [1.29, 1.82) is 0 Å². The minimum atomic E-state index is -0.748. The van der Waals surface area contributed by atoms with E-state index >= 15 is 0 Å². The Bertz CT molecular complexity index is 351. The standard InChI is InChI=1S/C11H14ClNO2S/c12-8-4-3-5-9(13)11(8)16-7-2-1-6-10(14)15/h3-5H,1-2,6-7,13H2,(H,14,15). The van der Waals surface area contributed by atoms with E-state index < -0.39 is 5.97 Å². The maximum absolute atomic E-state index is 10.3. The lowest BCUT2D eigenvalue weighted by Gasteiger charge is -2.06. The lowest BCUT2D eigenvalue weighted by atomic mass is 10.2. The third kappa shape index (κ3) is 4.33. The van der Waals surface area contributed by atoms with Crippen LogP contribution in [0.5, 0.6) is 0 Å². The summed E-state index contributed by atoms with van der Waals surface area (Å²) in [5, 5.41) is 9.13. The van der Waals surface area contributed by atoms with Crippen LogP contribution >= 0.6 is 23.4 Å². The molecule has 0 heterocycles. The van der Waals surface area contributed by atoms with Crippen LogP contribution in [0.15, 0.2) is 23.1 Å². The number of carboxylic acid groups (broad SMARTS) is 1. The fraction of sp³-hybridized carbons (Fsp3) is 0.364. The van der Waals surface area contributed by atoms with Gasteiger partial charge in [-0.3, -0.25) is 4.79 Å². The molecule has 0 saturated heterocycles. The van der Waals surface area contributed by atoms with Gasteiger partial charge in [0.05, 0.1) is 5.02 Å². The van der Waals surface area contributed by atoms with Gasteiger partial charge in [0.25, 0.3) is 0 Å². The number of hydrogen-bond donors (Lipinski definition) is 2. The first-order valence-corrected chi connectivity index (χ1v) is 6.36. The van der Waals surface area contributed by atoms with Crippen LogP contribution in [0.25, 0.3) is 0 Å². The van der Waals surface area contributed by atoms with Gasteiger partial charge in [0.15, 0.2) is 0 Å². The molecule has 1 rings (SSSR count). The van der Waals surface area contributed by atoms with Gasteiger partial charge in [-0.15, -0.1) is 11.8 Å². The van der Waals surface area contributed by atoms with Crippen LogP contribution in [0, 0.1) is 0 Å². The van der Waals surface area contributed by atoms with Crippen LogP contribution < -0.4 is 5.73 Å². The number of unbranched alkanes of at least 4 members (excludes halogenated alkanes) is 1. The zero-order valence-electron chi connectivity index (χ0n) is 8.78. The van der Waals surface area contributed by atoms with E-state index in [0.29, 0.717) is 17.1 Å². The van der Waals surface area contributed by atoms with Crippen LogP contribution in [-0.2, 0) is 4.79 Å². The van der Waals surface area contributed by atoms with Crippen molar-refractivity contribution in [1.82, 2.24) is 0 Å². The molecule has 0 aliphatic carbocycles. The maximum Gasteiger partial charge on any atom is 0.303 e. The second-order valence-corrected chi connectivity index (χ2v) is 4.87. The van der Waals surface area contributed by atoms with E-state index in [2.05, 4.69) is 0 Å². The lowest BCUT2D eigenvalue weighted by Crippen LogP contribution is -1.95. The van der Waals surface area contributed by atoms with Gasteiger partial charge < -0.3 is 10.8 Å². The molecule has 0 bridgehead atoms. The molecule has 0 amide bonds. The zero-order valence-corrected chi connectivity index (χ0v) is 10.4. The van der Waals surface area contributed by atoms with Gasteiger partial charge in [-0.05, 0) is 30.7 Å². The average molecular weight is 260 g/mol. The molecule has 1 aromatic carbocycles. The molecule has 0 spiro atoms. The molecule has 0 saturated carbocycles. The molecule has 0 fully saturated rings. The summed E-state index contributed by atoms with van der Waals surface area (Å²) in [6, 6.07) is 5.43. The van der Waals surface area contributed by atoms with Crippen LogP contribution in [0.2, 0.25) is 5.02 Å². The van der Waals surface area contributed by atoms with Crippen LogP contribution in [0.1, 0.15) is 19.3 Å². The number of carboxylic acids is 1. The van der Waals surface area contributed by atoms with Gasteiger partial charge in [0, 0.05) is 17.0 Å². The van der Waals surface area contributed by atoms with Gasteiger partial charge in [-0.1, -0.05) is 17.7 Å². The second kappa shape index (κ2) is 6.66. The van der Waals surface area contributed by atoms with Gasteiger partial charge >= 0.3 is 5.97 Å². The fourth-order valence-corrected chi connectivity index (χ4v) is 2.57. The monoisotopic (exact) mass is 259 g/mol. The largest absolute Gasteiger partial charge is 0.481 e. The maximum atomic E-state index is 10.3. The minimum Gasteiger partial charge on any atom is -0.481 e. The first-order valence-electron chi connectivity index (χ1n) is 5.00. The number of thioether (sulfide) groups is 1. The average Bonchev–Trinajstić information content (AvgIpc) is 2.21. The first kappa shape index (κ1) is 13.2. The number of nitrogen functional groups attached to an aromatic ring is 1. The summed E-state index contributed by atoms with van der Waals surface area (Å²) in [6.45, 7) is 0. The van der Waals surface area contributed by atoms with E-state index in [0.717, 1.165) is 17.1 Å². The Kier molecular flexibility index (Phi) is 5.49. The highest BCUT2D eigenvalue weighted by atomic mass is 35.5. The summed E-state index contributed by atoms with van der Waals surface area (Å²) in [5.41, 5.74) is 6.46. The Morgan fingerprint density at radius 2 is 2.19 bits per heavy atom. The van der Waals surface area contributed by atoms with Gasteiger partial charge in [-0.25, -0.2) is 0 Å². The number of nitrogens with two attached hydrogens (primary N) is 1. The van der Waals surface area contributed by atoms with Crippen molar-refractivity contribution in [2.45, 2.75) is 24.2 Å². The highest BCUT2D eigenvalue weighted by Gasteiger charge is 2.04. The molecule has 88 valence electrons. The molecular formula is C11H14ClNO2S. The number of carbonyl (C=O) groups is 1. The Labute approximate surface area is 104 Å². The van der Waals surface area contributed by atoms with Crippen molar-refractivity contribution < 1.29 is 9.90 Å². The topological polar surface area (TPSA) is 63.3 Å². The molecule has 0 radical (unpaired) electrons. The molecule has 0 atom stereocenters. The summed E-state index contributed by atoms with van der Waals surface area (Å²) < 4.78 is 0. The molecule has 0 aliphatic rings. The van der Waals surface area contributed by atoms with Crippen molar-refractivity contribution in [3.8, 4) is 0 Å².